The first kappa shape index (κ1) is 25.7. The number of carbonyl (C=O) groups excluding carboxylic acids is 2. The Morgan fingerprint density at radius 2 is 1.65 bits per heavy atom. The lowest BCUT2D eigenvalue weighted by Crippen LogP contribution is -2.54. The van der Waals surface area contributed by atoms with Gasteiger partial charge in [0.2, 0.25) is 0 Å². The van der Waals surface area contributed by atoms with E-state index in [0.717, 1.165) is 5.56 Å². The highest BCUT2D eigenvalue weighted by Gasteiger charge is 2.40. The molecule has 1 aliphatic heterocycles. The highest BCUT2D eigenvalue weighted by atomic mass is 32.2. The molecule has 0 bridgehead atoms. The standard InChI is InChI=1S/C24H31N3O6S/c1-18(23(29)33-3)26-34(30,31)27-15-13-24(14-16-27,19-9-5-4-6-10-19)17-25-22(28)20-11-7-8-12-21(20)32-2/h4-12,18,26H,13-17H2,1-3H3,(H,25,28)/t18-/m0/s1. The molecule has 2 aromatic carbocycles. The van der Waals surface area contributed by atoms with Crippen molar-refractivity contribution in [2.24, 2.45) is 0 Å². The molecule has 1 heterocycles. The second kappa shape index (κ2) is 11.0. The third-order valence-electron chi connectivity index (χ3n) is 6.22. The minimum absolute atomic E-state index is 0.239. The fraction of sp³-hybridized carbons (Fsp3) is 0.417. The zero-order chi connectivity index (χ0) is 24.8. The molecule has 0 unspecified atom stereocenters. The molecule has 1 saturated heterocycles. The number of methoxy groups -OCH3 is 2. The smallest absolute Gasteiger partial charge is 0.323 e. The average molecular weight is 490 g/mol. The molecule has 0 aliphatic carbocycles. The van der Waals surface area contributed by atoms with Crippen molar-refractivity contribution in [2.75, 3.05) is 33.9 Å². The molecule has 184 valence electrons. The largest absolute Gasteiger partial charge is 0.496 e. The van der Waals surface area contributed by atoms with Gasteiger partial charge >= 0.3 is 5.97 Å². The van der Waals surface area contributed by atoms with Gasteiger partial charge in [0, 0.05) is 25.0 Å². The first-order valence-corrected chi connectivity index (χ1v) is 12.5. The summed E-state index contributed by atoms with van der Waals surface area (Å²) in [7, 11) is -1.15. The van der Waals surface area contributed by atoms with E-state index < -0.39 is 27.6 Å². The van der Waals surface area contributed by atoms with Gasteiger partial charge in [-0.05, 0) is 37.5 Å². The minimum Gasteiger partial charge on any atom is -0.496 e. The predicted molar refractivity (Wildman–Crippen MR) is 128 cm³/mol. The molecule has 10 heteroatoms. The van der Waals surface area contributed by atoms with Gasteiger partial charge in [0.05, 0.1) is 19.8 Å². The molecule has 3 rings (SSSR count). The molecule has 2 aromatic rings. The Labute approximate surface area is 200 Å². The van der Waals surface area contributed by atoms with Crippen molar-refractivity contribution in [3.8, 4) is 5.75 Å². The number of amides is 1. The summed E-state index contributed by atoms with van der Waals surface area (Å²) in [5.74, 6) is -0.421. The van der Waals surface area contributed by atoms with E-state index in [9.17, 15) is 18.0 Å². The number of nitrogens with one attached hydrogen (secondary N) is 2. The summed E-state index contributed by atoms with van der Waals surface area (Å²) in [6.45, 7) is 2.26. The van der Waals surface area contributed by atoms with Crippen LogP contribution in [0.3, 0.4) is 0 Å². The predicted octanol–water partition coefficient (Wildman–Crippen LogP) is 1.85. The van der Waals surface area contributed by atoms with Gasteiger partial charge in [-0.3, -0.25) is 9.59 Å². The molecule has 1 atom stereocenters. The monoisotopic (exact) mass is 489 g/mol. The third kappa shape index (κ3) is 5.75. The molecule has 1 aliphatic rings. The van der Waals surface area contributed by atoms with Crippen molar-refractivity contribution >= 4 is 22.1 Å². The van der Waals surface area contributed by atoms with Gasteiger partial charge < -0.3 is 14.8 Å². The number of hydrogen-bond donors (Lipinski definition) is 2. The zero-order valence-corrected chi connectivity index (χ0v) is 20.4. The summed E-state index contributed by atoms with van der Waals surface area (Å²) in [5, 5.41) is 3.03. The first-order valence-electron chi connectivity index (χ1n) is 11.0. The number of rotatable bonds is 9. The SMILES string of the molecule is COC(=O)[C@H](C)NS(=O)(=O)N1CCC(CNC(=O)c2ccccc2OC)(c2ccccc2)CC1. The second-order valence-corrected chi connectivity index (χ2v) is 10.00. The van der Waals surface area contributed by atoms with Crippen LogP contribution in [0.2, 0.25) is 0 Å². The normalized spacial score (nSPS) is 16.9. The van der Waals surface area contributed by atoms with Crippen LogP contribution in [0.25, 0.3) is 0 Å². The Kier molecular flexibility index (Phi) is 8.29. The zero-order valence-electron chi connectivity index (χ0n) is 19.6. The maximum atomic E-state index is 12.9. The van der Waals surface area contributed by atoms with Crippen LogP contribution in [-0.4, -0.2) is 64.5 Å². The van der Waals surface area contributed by atoms with Crippen molar-refractivity contribution < 1.29 is 27.5 Å². The number of piperidine rings is 1. The van der Waals surface area contributed by atoms with E-state index in [2.05, 4.69) is 14.8 Å². The lowest BCUT2D eigenvalue weighted by atomic mass is 9.73. The van der Waals surface area contributed by atoms with Crippen LogP contribution < -0.4 is 14.8 Å². The molecular weight excluding hydrogens is 458 g/mol. The summed E-state index contributed by atoms with van der Waals surface area (Å²) >= 11 is 0. The summed E-state index contributed by atoms with van der Waals surface area (Å²) in [6.07, 6.45) is 0.994. The van der Waals surface area contributed by atoms with E-state index in [4.69, 9.17) is 4.74 Å². The van der Waals surface area contributed by atoms with Crippen molar-refractivity contribution in [2.45, 2.75) is 31.2 Å². The second-order valence-electron chi connectivity index (χ2n) is 8.30. The Bertz CT molecular complexity index is 1100. The molecule has 0 saturated carbocycles. The van der Waals surface area contributed by atoms with Gasteiger partial charge in [-0.15, -0.1) is 0 Å². The molecule has 1 fully saturated rings. The van der Waals surface area contributed by atoms with E-state index in [1.54, 1.807) is 24.3 Å². The molecule has 9 nitrogen and oxygen atoms in total. The van der Waals surface area contributed by atoms with Crippen molar-refractivity contribution in [1.29, 1.82) is 0 Å². The maximum Gasteiger partial charge on any atom is 0.323 e. The van der Waals surface area contributed by atoms with E-state index in [0.29, 0.717) is 30.7 Å². The van der Waals surface area contributed by atoms with Crippen LogP contribution in [0.5, 0.6) is 5.75 Å². The van der Waals surface area contributed by atoms with Gasteiger partial charge in [0.25, 0.3) is 16.1 Å². The number of ether oxygens (including phenoxy) is 2. The van der Waals surface area contributed by atoms with E-state index in [1.807, 2.05) is 30.3 Å². The number of para-hydroxylation sites is 1. The lowest BCUT2D eigenvalue weighted by Gasteiger charge is -2.42. The number of esters is 1. The number of benzene rings is 2. The lowest BCUT2D eigenvalue weighted by molar-refractivity contribution is -0.142. The number of carbonyl (C=O) groups is 2. The Hall–Kier alpha value is -2.95. The van der Waals surface area contributed by atoms with E-state index >= 15 is 0 Å². The molecule has 34 heavy (non-hydrogen) atoms. The minimum atomic E-state index is -3.87. The number of hydrogen-bond acceptors (Lipinski definition) is 6. The van der Waals surface area contributed by atoms with Crippen LogP contribution in [0, 0.1) is 0 Å². The van der Waals surface area contributed by atoms with Crippen LogP contribution in [-0.2, 0) is 25.2 Å². The fourth-order valence-electron chi connectivity index (χ4n) is 4.21. The summed E-state index contributed by atoms with van der Waals surface area (Å²) in [5.41, 5.74) is 1.02. The summed E-state index contributed by atoms with van der Waals surface area (Å²) in [6, 6.07) is 15.8. The molecule has 0 spiro atoms. The van der Waals surface area contributed by atoms with Gasteiger partial charge in [-0.25, -0.2) is 0 Å². The topological polar surface area (TPSA) is 114 Å². The summed E-state index contributed by atoms with van der Waals surface area (Å²) in [4.78, 5) is 24.6. The third-order valence-corrected chi connectivity index (χ3v) is 7.92. The molecule has 0 radical (unpaired) electrons. The Morgan fingerprint density at radius 3 is 2.26 bits per heavy atom. The fourth-order valence-corrected chi connectivity index (χ4v) is 5.57. The molecule has 2 N–H and O–H groups in total. The average Bonchev–Trinajstić information content (AvgIpc) is 2.87. The highest BCUT2D eigenvalue weighted by Crippen LogP contribution is 2.36. The van der Waals surface area contributed by atoms with Crippen LogP contribution in [0.1, 0.15) is 35.7 Å². The Balaban J connectivity index is 1.76. The molecular formula is C24H31N3O6S. The van der Waals surface area contributed by atoms with Crippen molar-refractivity contribution in [3.63, 3.8) is 0 Å². The van der Waals surface area contributed by atoms with Crippen LogP contribution in [0.15, 0.2) is 54.6 Å². The molecule has 0 aromatic heterocycles. The van der Waals surface area contributed by atoms with Crippen LogP contribution >= 0.6 is 0 Å². The van der Waals surface area contributed by atoms with Gasteiger partial charge in [0.1, 0.15) is 11.8 Å². The number of nitrogens with zero attached hydrogens (tertiary/aromatic N) is 1. The van der Waals surface area contributed by atoms with E-state index in [1.165, 1.54) is 25.4 Å². The Morgan fingerprint density at radius 1 is 1.03 bits per heavy atom. The van der Waals surface area contributed by atoms with Gasteiger partial charge in [0.15, 0.2) is 0 Å². The summed E-state index contributed by atoms with van der Waals surface area (Å²) < 4.78 is 39.2. The molecule has 1 amide bonds. The van der Waals surface area contributed by atoms with Crippen molar-refractivity contribution in [3.05, 3.63) is 65.7 Å². The van der Waals surface area contributed by atoms with Gasteiger partial charge in [-0.2, -0.15) is 17.4 Å². The quantitative estimate of drug-likeness (QED) is 0.520. The van der Waals surface area contributed by atoms with Crippen LogP contribution in [0.4, 0.5) is 0 Å². The first-order chi connectivity index (χ1) is 16.2. The van der Waals surface area contributed by atoms with Crippen molar-refractivity contribution in [1.82, 2.24) is 14.3 Å². The maximum absolute atomic E-state index is 12.9. The highest BCUT2D eigenvalue weighted by molar-refractivity contribution is 7.87. The van der Waals surface area contributed by atoms with E-state index in [-0.39, 0.29) is 19.0 Å². The van der Waals surface area contributed by atoms with Gasteiger partial charge in [-0.1, -0.05) is 42.5 Å².